The van der Waals surface area contributed by atoms with Crippen LogP contribution in [0, 0.1) is 0 Å². The number of aliphatic hydroxyl groups excluding tert-OH is 1. The lowest BCUT2D eigenvalue weighted by Gasteiger charge is -2.20. The monoisotopic (exact) mass is 266 g/mol. The summed E-state index contributed by atoms with van der Waals surface area (Å²) in [5, 5.41) is 14.9. The van der Waals surface area contributed by atoms with Gasteiger partial charge >= 0.3 is 0 Å². The molecule has 0 aliphatic heterocycles. The Morgan fingerprint density at radius 3 is 2.42 bits per heavy atom. The van der Waals surface area contributed by atoms with Gasteiger partial charge in [-0.25, -0.2) is 0 Å². The van der Waals surface area contributed by atoms with Crippen LogP contribution in [0.25, 0.3) is 0 Å². The maximum Gasteiger partial charge on any atom is 0.0823 e. The van der Waals surface area contributed by atoms with Crippen molar-refractivity contribution >= 4 is 0 Å². The summed E-state index contributed by atoms with van der Waals surface area (Å²) in [5.41, 5.74) is 2.02. The Morgan fingerprint density at radius 1 is 1.21 bits per heavy atom. The highest BCUT2D eigenvalue weighted by molar-refractivity contribution is 5.26. The van der Waals surface area contributed by atoms with Crippen molar-refractivity contribution in [2.24, 2.45) is 7.05 Å². The molecule has 0 radical (unpaired) electrons. The van der Waals surface area contributed by atoms with E-state index in [0.29, 0.717) is 0 Å². The summed E-state index contributed by atoms with van der Waals surface area (Å²) in [6, 6.07) is 0. The van der Waals surface area contributed by atoms with E-state index in [2.05, 4.69) is 32.8 Å². The van der Waals surface area contributed by atoms with Crippen LogP contribution in [0.3, 0.4) is 0 Å². The Kier molecular flexibility index (Phi) is 6.05. The molecule has 0 spiro atoms. The van der Waals surface area contributed by atoms with Gasteiger partial charge < -0.3 is 5.11 Å². The van der Waals surface area contributed by atoms with Crippen molar-refractivity contribution in [3.05, 3.63) is 17.5 Å². The summed E-state index contributed by atoms with van der Waals surface area (Å²) in [5.74, 6) is 0. The molecular formula is C16H30N2O. The molecule has 0 saturated heterocycles. The highest BCUT2D eigenvalue weighted by Crippen LogP contribution is 2.30. The number of rotatable bonds is 7. The van der Waals surface area contributed by atoms with Gasteiger partial charge in [0.25, 0.3) is 0 Å². The molecule has 1 aromatic rings. The van der Waals surface area contributed by atoms with E-state index in [4.69, 9.17) is 0 Å². The zero-order valence-corrected chi connectivity index (χ0v) is 13.2. The third-order valence-electron chi connectivity index (χ3n) is 3.51. The van der Waals surface area contributed by atoms with Crippen LogP contribution < -0.4 is 0 Å². The van der Waals surface area contributed by atoms with E-state index in [1.165, 1.54) is 25.7 Å². The molecule has 1 heterocycles. The van der Waals surface area contributed by atoms with Gasteiger partial charge in [-0.2, -0.15) is 5.10 Å². The molecule has 3 nitrogen and oxygen atoms in total. The van der Waals surface area contributed by atoms with Gasteiger partial charge in [0, 0.05) is 24.2 Å². The van der Waals surface area contributed by atoms with Crippen molar-refractivity contribution in [2.45, 2.75) is 77.7 Å². The summed E-state index contributed by atoms with van der Waals surface area (Å²) in [7, 11) is 1.92. The highest BCUT2D eigenvalue weighted by Gasteiger charge is 2.25. The normalized spacial score (nSPS) is 13.8. The van der Waals surface area contributed by atoms with Gasteiger partial charge in [0.15, 0.2) is 0 Å². The van der Waals surface area contributed by atoms with E-state index in [1.54, 1.807) is 0 Å². The van der Waals surface area contributed by atoms with Crippen LogP contribution in [0.15, 0.2) is 6.20 Å². The fraction of sp³-hybridized carbons (Fsp3) is 0.812. The molecule has 0 bridgehead atoms. The van der Waals surface area contributed by atoms with Gasteiger partial charge in [0.2, 0.25) is 0 Å². The van der Waals surface area contributed by atoms with Gasteiger partial charge in [0.1, 0.15) is 0 Å². The minimum absolute atomic E-state index is 0.0141. The number of unbranched alkanes of at least 4 members (excludes halogenated alkanes) is 4. The van der Waals surface area contributed by atoms with Crippen LogP contribution in [0.2, 0.25) is 0 Å². The Bertz CT molecular complexity index is 377. The molecule has 0 saturated carbocycles. The molecule has 1 unspecified atom stereocenters. The number of hydrogen-bond acceptors (Lipinski definition) is 2. The third kappa shape index (κ3) is 4.98. The second-order valence-electron chi connectivity index (χ2n) is 6.58. The van der Waals surface area contributed by atoms with E-state index < -0.39 is 0 Å². The first kappa shape index (κ1) is 16.2. The molecule has 1 atom stereocenters. The van der Waals surface area contributed by atoms with Crippen LogP contribution in [0.4, 0.5) is 0 Å². The van der Waals surface area contributed by atoms with E-state index in [9.17, 15) is 5.11 Å². The van der Waals surface area contributed by atoms with Crippen molar-refractivity contribution in [1.82, 2.24) is 9.78 Å². The molecule has 0 amide bonds. The zero-order valence-electron chi connectivity index (χ0n) is 13.2. The van der Waals surface area contributed by atoms with Crippen LogP contribution in [-0.2, 0) is 12.5 Å². The van der Waals surface area contributed by atoms with Crippen LogP contribution in [0.5, 0.6) is 0 Å². The first-order valence-electron chi connectivity index (χ1n) is 7.58. The quantitative estimate of drug-likeness (QED) is 0.754. The summed E-state index contributed by atoms with van der Waals surface area (Å²) in [6.07, 6.45) is 8.60. The number of aromatic nitrogens is 2. The maximum absolute atomic E-state index is 10.4. The fourth-order valence-electron chi connectivity index (χ4n) is 2.43. The maximum atomic E-state index is 10.4. The highest BCUT2D eigenvalue weighted by atomic mass is 16.3. The number of hydrogen-bond donors (Lipinski definition) is 1. The summed E-state index contributed by atoms with van der Waals surface area (Å²) in [6.45, 7) is 8.66. The predicted molar refractivity (Wildman–Crippen MR) is 80.2 cm³/mol. The molecule has 110 valence electrons. The van der Waals surface area contributed by atoms with Gasteiger partial charge in [-0.3, -0.25) is 4.68 Å². The summed E-state index contributed by atoms with van der Waals surface area (Å²) in [4.78, 5) is 0. The molecule has 3 heteroatoms. The first-order valence-corrected chi connectivity index (χ1v) is 7.58. The SMILES string of the molecule is CCCCCCCC(O)c1cn(C)nc1C(C)(C)C. The molecule has 0 fully saturated rings. The minimum atomic E-state index is -0.371. The lowest BCUT2D eigenvalue weighted by molar-refractivity contribution is 0.161. The van der Waals surface area contributed by atoms with Gasteiger partial charge in [0.05, 0.1) is 11.8 Å². The van der Waals surface area contributed by atoms with Crippen molar-refractivity contribution < 1.29 is 5.11 Å². The number of aryl methyl sites for hydroxylation is 1. The fourth-order valence-corrected chi connectivity index (χ4v) is 2.43. The summed E-state index contributed by atoms with van der Waals surface area (Å²) < 4.78 is 1.82. The average molecular weight is 266 g/mol. The van der Waals surface area contributed by atoms with E-state index in [1.807, 2.05) is 17.9 Å². The topological polar surface area (TPSA) is 38.0 Å². The Morgan fingerprint density at radius 2 is 1.84 bits per heavy atom. The predicted octanol–water partition coefficient (Wildman–Crippen LogP) is 4.11. The van der Waals surface area contributed by atoms with Crippen molar-refractivity contribution in [1.29, 1.82) is 0 Å². The van der Waals surface area contributed by atoms with Gasteiger partial charge in [-0.1, -0.05) is 59.8 Å². The molecular weight excluding hydrogens is 236 g/mol. The Balaban J connectivity index is 2.59. The first-order chi connectivity index (χ1) is 8.86. The molecule has 0 aromatic carbocycles. The van der Waals surface area contributed by atoms with Crippen molar-refractivity contribution in [3.63, 3.8) is 0 Å². The van der Waals surface area contributed by atoms with Crippen molar-refractivity contribution in [3.8, 4) is 0 Å². The zero-order chi connectivity index (χ0) is 14.5. The minimum Gasteiger partial charge on any atom is -0.388 e. The Hall–Kier alpha value is -0.830. The largest absolute Gasteiger partial charge is 0.388 e. The van der Waals surface area contributed by atoms with Crippen LogP contribution in [0.1, 0.15) is 83.6 Å². The lowest BCUT2D eigenvalue weighted by Crippen LogP contribution is -2.16. The molecule has 1 N–H and O–H groups in total. The lowest BCUT2D eigenvalue weighted by atomic mass is 9.87. The van der Waals surface area contributed by atoms with Crippen molar-refractivity contribution in [2.75, 3.05) is 0 Å². The molecule has 0 aliphatic carbocycles. The smallest absolute Gasteiger partial charge is 0.0823 e. The van der Waals surface area contributed by atoms with E-state index in [-0.39, 0.29) is 11.5 Å². The van der Waals surface area contributed by atoms with E-state index in [0.717, 1.165) is 24.1 Å². The third-order valence-corrected chi connectivity index (χ3v) is 3.51. The second-order valence-corrected chi connectivity index (χ2v) is 6.58. The average Bonchev–Trinajstić information content (AvgIpc) is 2.71. The molecule has 1 rings (SSSR count). The second kappa shape index (κ2) is 7.09. The summed E-state index contributed by atoms with van der Waals surface area (Å²) >= 11 is 0. The van der Waals surface area contributed by atoms with Gasteiger partial charge in [-0.05, 0) is 6.42 Å². The molecule has 19 heavy (non-hydrogen) atoms. The number of nitrogens with zero attached hydrogens (tertiary/aromatic N) is 2. The molecule has 0 aliphatic rings. The van der Waals surface area contributed by atoms with E-state index >= 15 is 0 Å². The van der Waals surface area contributed by atoms with Crippen LogP contribution in [-0.4, -0.2) is 14.9 Å². The Labute approximate surface area is 118 Å². The number of aliphatic hydroxyl groups is 1. The van der Waals surface area contributed by atoms with Gasteiger partial charge in [-0.15, -0.1) is 0 Å². The van der Waals surface area contributed by atoms with Crippen LogP contribution >= 0.6 is 0 Å². The standard InChI is InChI=1S/C16H30N2O/c1-6-7-8-9-10-11-14(19)13-12-18(5)17-15(13)16(2,3)4/h12,14,19H,6-11H2,1-5H3. The molecule has 1 aromatic heterocycles.